The van der Waals surface area contributed by atoms with Crippen molar-refractivity contribution in [1.82, 2.24) is 5.43 Å². The first-order valence-electron chi connectivity index (χ1n) is 6.84. The summed E-state index contributed by atoms with van der Waals surface area (Å²) in [6, 6.07) is 9.78. The first kappa shape index (κ1) is 17.0. The Balaban J connectivity index is 2.07. The third-order valence-electron chi connectivity index (χ3n) is 3.12. The molecule has 0 atom stereocenters. The highest BCUT2D eigenvalue weighted by Gasteiger charge is 2.09. The average molecular weight is 428 g/mol. The molecule has 1 amide bonds. The third kappa shape index (κ3) is 4.30. The molecular weight excluding hydrogens is 412 g/mol. The van der Waals surface area contributed by atoms with Crippen LogP contribution >= 0.6 is 31.9 Å². The van der Waals surface area contributed by atoms with Crippen molar-refractivity contribution in [3.8, 4) is 5.75 Å². The van der Waals surface area contributed by atoms with E-state index in [4.69, 9.17) is 4.74 Å². The van der Waals surface area contributed by atoms with Gasteiger partial charge >= 0.3 is 0 Å². The number of rotatable bonds is 5. The summed E-state index contributed by atoms with van der Waals surface area (Å²) in [4.78, 5) is 11.7. The molecule has 2 aromatic carbocycles. The first-order chi connectivity index (χ1) is 10.5. The van der Waals surface area contributed by atoms with Crippen molar-refractivity contribution < 1.29 is 9.53 Å². The molecular formula is C16H16Br2N2O2. The molecule has 4 nitrogen and oxygen atoms in total. The molecule has 0 heterocycles. The number of halogens is 2. The van der Waals surface area contributed by atoms with Crippen LogP contribution in [0.1, 0.15) is 20.3 Å². The lowest BCUT2D eigenvalue weighted by Gasteiger charge is -2.10. The topological polar surface area (TPSA) is 50.7 Å². The second-order valence-corrected chi connectivity index (χ2v) is 6.48. The Morgan fingerprint density at radius 1 is 1.27 bits per heavy atom. The van der Waals surface area contributed by atoms with Gasteiger partial charge in [0.05, 0.1) is 4.47 Å². The van der Waals surface area contributed by atoms with Gasteiger partial charge in [-0.05, 0) is 58.2 Å². The van der Waals surface area contributed by atoms with Gasteiger partial charge in [-0.1, -0.05) is 35.0 Å². The fourth-order valence-corrected chi connectivity index (χ4v) is 2.75. The first-order valence-corrected chi connectivity index (χ1v) is 8.42. The predicted molar refractivity (Wildman–Crippen MR) is 96.4 cm³/mol. The summed E-state index contributed by atoms with van der Waals surface area (Å²) in [5, 5.41) is 6.07. The molecule has 0 aliphatic heterocycles. The molecule has 0 saturated heterocycles. The van der Waals surface area contributed by atoms with E-state index in [9.17, 15) is 4.79 Å². The Morgan fingerprint density at radius 3 is 2.77 bits per heavy atom. The van der Waals surface area contributed by atoms with Crippen molar-refractivity contribution in [2.24, 2.45) is 5.10 Å². The number of hydrazone groups is 1. The van der Waals surface area contributed by atoms with E-state index in [2.05, 4.69) is 42.4 Å². The zero-order chi connectivity index (χ0) is 16.1. The second kappa shape index (κ2) is 7.74. The fourth-order valence-electron chi connectivity index (χ4n) is 1.77. The highest BCUT2D eigenvalue weighted by atomic mass is 79.9. The summed E-state index contributed by atoms with van der Waals surface area (Å²) in [6.45, 7) is 3.76. The molecule has 0 spiro atoms. The van der Waals surface area contributed by atoms with E-state index in [0.29, 0.717) is 5.75 Å². The molecule has 0 aliphatic rings. The predicted octanol–water partition coefficient (Wildman–Crippen LogP) is 4.65. The quantitative estimate of drug-likeness (QED) is 0.557. The maximum Gasteiger partial charge on any atom is 0.277 e. The molecule has 2 aromatic rings. The lowest BCUT2D eigenvalue weighted by Crippen LogP contribution is -2.25. The Kier molecular flexibility index (Phi) is 5.97. The summed E-state index contributed by atoms with van der Waals surface area (Å²) < 4.78 is 7.41. The van der Waals surface area contributed by atoms with Crippen molar-refractivity contribution in [1.29, 1.82) is 0 Å². The van der Waals surface area contributed by atoms with Crippen molar-refractivity contribution in [2.75, 3.05) is 6.61 Å². The molecule has 22 heavy (non-hydrogen) atoms. The van der Waals surface area contributed by atoms with Crippen LogP contribution in [0.25, 0.3) is 10.8 Å². The Bertz CT molecular complexity index is 729. The number of carbonyl (C=O) groups excluding carboxylic acids is 1. The van der Waals surface area contributed by atoms with Crippen molar-refractivity contribution in [3.05, 3.63) is 39.3 Å². The van der Waals surface area contributed by atoms with Crippen LogP contribution in [0.4, 0.5) is 0 Å². The van der Waals surface area contributed by atoms with Gasteiger partial charge < -0.3 is 4.74 Å². The largest absolute Gasteiger partial charge is 0.483 e. The Labute approximate surface area is 146 Å². The van der Waals surface area contributed by atoms with Crippen molar-refractivity contribution >= 4 is 54.3 Å². The second-order valence-electron chi connectivity index (χ2n) is 4.77. The molecule has 116 valence electrons. The van der Waals surface area contributed by atoms with Crippen LogP contribution in [0.2, 0.25) is 0 Å². The third-order valence-corrected chi connectivity index (χ3v) is 4.43. The average Bonchev–Trinajstić information content (AvgIpc) is 2.51. The molecule has 6 heteroatoms. The molecule has 0 aromatic heterocycles. The van der Waals surface area contributed by atoms with Gasteiger partial charge in [-0.3, -0.25) is 4.79 Å². The molecule has 0 bridgehead atoms. The molecule has 0 unspecified atom stereocenters. The maximum atomic E-state index is 11.7. The number of hydrogen-bond acceptors (Lipinski definition) is 3. The number of nitrogens with one attached hydrogen (secondary N) is 1. The molecule has 2 rings (SSSR count). The van der Waals surface area contributed by atoms with Crippen LogP contribution in [0, 0.1) is 0 Å². The minimum absolute atomic E-state index is 0.0822. The van der Waals surface area contributed by atoms with E-state index >= 15 is 0 Å². The summed E-state index contributed by atoms with van der Waals surface area (Å²) in [7, 11) is 0. The molecule has 0 saturated carbocycles. The molecule has 0 fully saturated rings. The number of nitrogens with zero attached hydrogens (tertiary/aromatic N) is 1. The van der Waals surface area contributed by atoms with Gasteiger partial charge in [-0.25, -0.2) is 5.43 Å². The van der Waals surface area contributed by atoms with Crippen molar-refractivity contribution in [3.63, 3.8) is 0 Å². The minimum Gasteiger partial charge on any atom is -0.483 e. The maximum absolute atomic E-state index is 11.7. The van der Waals surface area contributed by atoms with E-state index in [1.807, 2.05) is 44.2 Å². The van der Waals surface area contributed by atoms with Crippen LogP contribution in [-0.2, 0) is 4.79 Å². The van der Waals surface area contributed by atoms with E-state index in [1.165, 1.54) is 0 Å². The Morgan fingerprint density at radius 2 is 2.05 bits per heavy atom. The minimum atomic E-state index is -0.282. The van der Waals surface area contributed by atoms with E-state index in [-0.39, 0.29) is 12.5 Å². The van der Waals surface area contributed by atoms with Crippen LogP contribution in [-0.4, -0.2) is 18.2 Å². The number of ether oxygens (including phenoxy) is 1. The molecule has 0 radical (unpaired) electrons. The van der Waals surface area contributed by atoms with E-state index in [1.54, 1.807) is 0 Å². The highest BCUT2D eigenvalue weighted by molar-refractivity contribution is 9.11. The molecule has 0 aliphatic carbocycles. The summed E-state index contributed by atoms with van der Waals surface area (Å²) in [5.74, 6) is 0.344. The standard InChI is InChI=1S/C16H16Br2N2O2/c1-3-10(2)19-20-15(21)9-22-14-7-4-11-8-12(17)5-6-13(11)16(14)18/h4-8H,3,9H2,1-2H3,(H,20,21). The highest BCUT2D eigenvalue weighted by Crippen LogP contribution is 2.34. The van der Waals surface area contributed by atoms with E-state index in [0.717, 1.165) is 31.9 Å². The van der Waals surface area contributed by atoms with Crippen LogP contribution in [0.15, 0.2) is 44.4 Å². The van der Waals surface area contributed by atoms with Crippen LogP contribution < -0.4 is 10.2 Å². The summed E-state index contributed by atoms with van der Waals surface area (Å²) >= 11 is 6.98. The smallest absolute Gasteiger partial charge is 0.277 e. The SMILES string of the molecule is CCC(C)=NNC(=O)COc1ccc2cc(Br)ccc2c1Br. The monoisotopic (exact) mass is 426 g/mol. The van der Waals surface area contributed by atoms with Gasteiger partial charge in [0, 0.05) is 10.2 Å². The van der Waals surface area contributed by atoms with Gasteiger partial charge in [0.25, 0.3) is 5.91 Å². The lowest BCUT2D eigenvalue weighted by atomic mass is 10.1. The summed E-state index contributed by atoms with van der Waals surface area (Å²) in [6.07, 6.45) is 0.799. The normalized spacial score (nSPS) is 11.5. The Hall–Kier alpha value is -1.40. The van der Waals surface area contributed by atoms with Gasteiger partial charge in [-0.2, -0.15) is 5.10 Å². The summed E-state index contributed by atoms with van der Waals surface area (Å²) in [5.41, 5.74) is 3.34. The van der Waals surface area contributed by atoms with Gasteiger partial charge in [0.15, 0.2) is 6.61 Å². The van der Waals surface area contributed by atoms with Crippen LogP contribution in [0.5, 0.6) is 5.75 Å². The fraction of sp³-hybridized carbons (Fsp3) is 0.250. The number of amides is 1. The molecule has 1 N–H and O–H groups in total. The van der Waals surface area contributed by atoms with Gasteiger partial charge in [0.2, 0.25) is 0 Å². The van der Waals surface area contributed by atoms with Crippen molar-refractivity contribution in [2.45, 2.75) is 20.3 Å². The zero-order valence-corrected chi connectivity index (χ0v) is 15.5. The number of fused-ring (bicyclic) bond motifs is 1. The lowest BCUT2D eigenvalue weighted by molar-refractivity contribution is -0.123. The number of carbonyl (C=O) groups is 1. The number of benzene rings is 2. The van der Waals surface area contributed by atoms with Gasteiger partial charge in [0.1, 0.15) is 5.75 Å². The number of hydrogen-bond donors (Lipinski definition) is 1. The van der Waals surface area contributed by atoms with Gasteiger partial charge in [-0.15, -0.1) is 0 Å². The van der Waals surface area contributed by atoms with Crippen LogP contribution in [0.3, 0.4) is 0 Å². The zero-order valence-electron chi connectivity index (χ0n) is 12.3. The van der Waals surface area contributed by atoms with E-state index < -0.39 is 0 Å².